The SMILES string of the molecule is CC1(C)CC2CC(C)(CN2CC2CC(c3ccc(CO)cc3)OC(c3ccc(-c4cccc(CNC(=O)NC56CC7CC(CC(C7)C5)C6)c4)cc3)O2)C1. The fourth-order valence-corrected chi connectivity index (χ4v) is 12.5. The van der Waals surface area contributed by atoms with Crippen molar-refractivity contribution < 1.29 is 19.4 Å². The Balaban J connectivity index is 0.869. The second-order valence-electron chi connectivity index (χ2n) is 19.3. The van der Waals surface area contributed by atoms with Gasteiger partial charge in [0.2, 0.25) is 0 Å². The van der Waals surface area contributed by atoms with Crippen LogP contribution in [-0.2, 0) is 22.6 Å². The van der Waals surface area contributed by atoms with Crippen LogP contribution in [0.1, 0.15) is 120 Å². The minimum Gasteiger partial charge on any atom is -0.392 e. The molecule has 5 aliphatic carbocycles. The first-order valence-electron chi connectivity index (χ1n) is 20.5. The molecule has 2 aliphatic heterocycles. The van der Waals surface area contributed by atoms with Crippen LogP contribution in [0.3, 0.4) is 0 Å². The number of hydrogen-bond donors (Lipinski definition) is 3. The molecular formula is C46H59N3O4. The van der Waals surface area contributed by atoms with Crippen molar-refractivity contribution in [2.75, 3.05) is 13.1 Å². The lowest BCUT2D eigenvalue weighted by molar-refractivity contribution is -0.253. The Morgan fingerprint density at radius 2 is 1.49 bits per heavy atom. The lowest BCUT2D eigenvalue weighted by Crippen LogP contribution is -2.61. The Labute approximate surface area is 316 Å². The van der Waals surface area contributed by atoms with Crippen molar-refractivity contribution in [3.8, 4) is 11.1 Å². The number of ether oxygens (including phenoxy) is 2. The molecule has 3 aromatic carbocycles. The van der Waals surface area contributed by atoms with Gasteiger partial charge in [0.15, 0.2) is 6.29 Å². The van der Waals surface area contributed by atoms with Crippen molar-refractivity contribution in [1.29, 1.82) is 0 Å². The molecule has 10 rings (SSSR count). The lowest BCUT2D eigenvalue weighted by atomic mass is 9.53. The molecule has 5 atom stereocenters. The number of carbonyl (C=O) groups excluding carboxylic acids is 1. The lowest BCUT2D eigenvalue weighted by Gasteiger charge is -2.56. The monoisotopic (exact) mass is 717 g/mol. The van der Waals surface area contributed by atoms with E-state index in [1.807, 2.05) is 12.1 Å². The predicted octanol–water partition coefficient (Wildman–Crippen LogP) is 9.06. The molecule has 6 bridgehead atoms. The summed E-state index contributed by atoms with van der Waals surface area (Å²) < 4.78 is 13.5. The van der Waals surface area contributed by atoms with E-state index in [0.29, 0.717) is 23.4 Å². The number of likely N-dealkylation sites (tertiary alicyclic amines) is 1. The fourth-order valence-electron chi connectivity index (χ4n) is 12.5. The standard InChI is InChI=1S/C46H59N3O4/c1-44(2)23-39-24-45(3,28-44)29-49(39)26-40-19-41(36-9-7-30(27-50)8-10-36)53-42(52-40)37-13-11-35(12-14-37)38-6-4-5-31(18-38)25-47-43(51)48-46-20-32-15-33(21-46)17-34(16-32)22-46/h4-14,18,32-34,39-42,50H,15-17,19-29H2,1-3H3,(H2,47,48,51). The number of benzene rings is 3. The molecule has 0 radical (unpaired) electrons. The van der Waals surface area contributed by atoms with E-state index in [-0.39, 0.29) is 30.4 Å². The van der Waals surface area contributed by atoms with Crippen LogP contribution in [0, 0.1) is 28.6 Å². The summed E-state index contributed by atoms with van der Waals surface area (Å²) in [6.45, 7) is 9.95. The summed E-state index contributed by atoms with van der Waals surface area (Å²) in [5.41, 5.74) is 7.16. The van der Waals surface area contributed by atoms with Crippen LogP contribution in [0.2, 0.25) is 0 Å². The molecule has 282 valence electrons. The summed E-state index contributed by atoms with van der Waals surface area (Å²) in [7, 11) is 0. The van der Waals surface area contributed by atoms with Gasteiger partial charge in [-0.2, -0.15) is 0 Å². The molecule has 53 heavy (non-hydrogen) atoms. The number of rotatable bonds is 9. The van der Waals surface area contributed by atoms with Gasteiger partial charge in [-0.25, -0.2) is 4.79 Å². The van der Waals surface area contributed by atoms with Crippen molar-refractivity contribution in [3.63, 3.8) is 0 Å². The zero-order valence-corrected chi connectivity index (χ0v) is 32.0. The van der Waals surface area contributed by atoms with E-state index in [2.05, 4.69) is 97.0 Å². The molecule has 7 aliphatic rings. The molecule has 3 aromatic rings. The van der Waals surface area contributed by atoms with Gasteiger partial charge in [0.25, 0.3) is 0 Å². The molecule has 7 nitrogen and oxygen atoms in total. The first-order valence-corrected chi connectivity index (χ1v) is 20.5. The molecule has 7 fully saturated rings. The Hall–Kier alpha value is -3.23. The largest absolute Gasteiger partial charge is 0.392 e. The van der Waals surface area contributed by atoms with Gasteiger partial charge in [0, 0.05) is 43.2 Å². The average Bonchev–Trinajstić information content (AvgIpc) is 3.36. The average molecular weight is 718 g/mol. The van der Waals surface area contributed by atoms with Crippen molar-refractivity contribution in [2.24, 2.45) is 28.6 Å². The molecule has 2 heterocycles. The first kappa shape index (κ1) is 35.5. The molecule has 0 spiro atoms. The van der Waals surface area contributed by atoms with Gasteiger partial charge in [-0.15, -0.1) is 0 Å². The smallest absolute Gasteiger partial charge is 0.315 e. The summed E-state index contributed by atoms with van der Waals surface area (Å²) in [6.07, 6.45) is 11.7. The van der Waals surface area contributed by atoms with Crippen LogP contribution in [0.4, 0.5) is 4.79 Å². The third-order valence-electron chi connectivity index (χ3n) is 13.9. The van der Waals surface area contributed by atoms with Crippen molar-refractivity contribution in [2.45, 2.75) is 128 Å². The van der Waals surface area contributed by atoms with E-state index in [9.17, 15) is 9.90 Å². The minimum absolute atomic E-state index is 0.0154. The zero-order chi connectivity index (χ0) is 36.4. The predicted molar refractivity (Wildman–Crippen MR) is 208 cm³/mol. The van der Waals surface area contributed by atoms with Crippen molar-refractivity contribution in [1.82, 2.24) is 15.5 Å². The number of urea groups is 1. The summed E-state index contributed by atoms with van der Waals surface area (Å²) >= 11 is 0. The second-order valence-corrected chi connectivity index (χ2v) is 19.3. The number of hydrogen-bond acceptors (Lipinski definition) is 5. The summed E-state index contributed by atoms with van der Waals surface area (Å²) in [6, 6.07) is 25.9. The third-order valence-corrected chi connectivity index (χ3v) is 13.9. The molecule has 5 unspecified atom stereocenters. The highest BCUT2D eigenvalue weighted by molar-refractivity contribution is 5.75. The highest BCUT2D eigenvalue weighted by Crippen LogP contribution is 2.56. The van der Waals surface area contributed by atoms with Gasteiger partial charge >= 0.3 is 6.03 Å². The zero-order valence-electron chi connectivity index (χ0n) is 32.0. The molecule has 2 saturated heterocycles. The third kappa shape index (κ3) is 7.56. The van der Waals surface area contributed by atoms with Gasteiger partial charge in [0.05, 0.1) is 18.8 Å². The maximum atomic E-state index is 13.1. The van der Waals surface area contributed by atoms with E-state index in [4.69, 9.17) is 9.47 Å². The second kappa shape index (κ2) is 13.8. The Morgan fingerprint density at radius 3 is 2.19 bits per heavy atom. The Bertz CT molecular complexity index is 1750. The summed E-state index contributed by atoms with van der Waals surface area (Å²) in [5, 5.41) is 16.3. The Morgan fingerprint density at radius 1 is 0.792 bits per heavy atom. The van der Waals surface area contributed by atoms with Crippen LogP contribution < -0.4 is 10.6 Å². The summed E-state index contributed by atoms with van der Waals surface area (Å²) in [4.78, 5) is 15.8. The van der Waals surface area contributed by atoms with Gasteiger partial charge in [-0.1, -0.05) is 87.5 Å². The van der Waals surface area contributed by atoms with Crippen molar-refractivity contribution in [3.05, 3.63) is 95.1 Å². The first-order chi connectivity index (χ1) is 25.5. The van der Waals surface area contributed by atoms with Crippen LogP contribution in [0.5, 0.6) is 0 Å². The van der Waals surface area contributed by atoms with Gasteiger partial charge < -0.3 is 25.2 Å². The molecule has 2 amide bonds. The van der Waals surface area contributed by atoms with E-state index in [1.54, 1.807) is 0 Å². The van der Waals surface area contributed by atoms with Crippen LogP contribution in [-0.4, -0.2) is 46.8 Å². The maximum Gasteiger partial charge on any atom is 0.315 e. The topological polar surface area (TPSA) is 83.1 Å². The number of nitrogens with zero attached hydrogens (tertiary/aromatic N) is 1. The van der Waals surface area contributed by atoms with Gasteiger partial charge in [0.1, 0.15) is 0 Å². The van der Waals surface area contributed by atoms with Crippen molar-refractivity contribution >= 4 is 6.03 Å². The van der Waals surface area contributed by atoms with Gasteiger partial charge in [-0.05, 0) is 120 Å². The number of carbonyl (C=O) groups is 1. The molecule has 5 saturated carbocycles. The van der Waals surface area contributed by atoms with Crippen LogP contribution in [0.25, 0.3) is 11.1 Å². The minimum atomic E-state index is -0.470. The number of amides is 2. The highest BCUT2D eigenvalue weighted by Gasteiger charge is 2.52. The number of aliphatic hydroxyl groups excluding tert-OH is 1. The van der Waals surface area contributed by atoms with E-state index >= 15 is 0 Å². The summed E-state index contributed by atoms with van der Waals surface area (Å²) in [5.74, 6) is 2.42. The molecule has 7 heteroatoms. The maximum absolute atomic E-state index is 13.1. The normalized spacial score (nSPS) is 35.7. The van der Waals surface area contributed by atoms with Crippen LogP contribution in [0.15, 0.2) is 72.8 Å². The number of fused-ring (bicyclic) bond motifs is 2. The van der Waals surface area contributed by atoms with E-state index in [1.165, 1.54) is 38.5 Å². The molecular weight excluding hydrogens is 659 g/mol. The Kier molecular flexibility index (Phi) is 9.24. The quantitative estimate of drug-likeness (QED) is 0.206. The van der Waals surface area contributed by atoms with Gasteiger partial charge in [-0.3, -0.25) is 4.90 Å². The van der Waals surface area contributed by atoms with E-state index in [0.717, 1.165) is 89.9 Å². The number of aliphatic hydroxyl groups is 1. The van der Waals surface area contributed by atoms with E-state index < -0.39 is 6.29 Å². The molecule has 3 N–H and O–H groups in total. The molecule has 0 aromatic heterocycles. The highest BCUT2D eigenvalue weighted by atomic mass is 16.7. The van der Waals surface area contributed by atoms with Crippen LogP contribution >= 0.6 is 0 Å². The number of nitrogens with one attached hydrogen (secondary N) is 2. The fraction of sp³-hybridized carbons (Fsp3) is 0.587.